The molecule has 0 unspecified atom stereocenters. The summed E-state index contributed by atoms with van der Waals surface area (Å²) in [7, 11) is 0. The maximum atomic E-state index is 6.00. The van der Waals surface area contributed by atoms with Crippen LogP contribution in [0.3, 0.4) is 0 Å². The van der Waals surface area contributed by atoms with Crippen molar-refractivity contribution in [1.82, 2.24) is 0 Å². The Labute approximate surface area is 115 Å². The minimum atomic E-state index is 0.0925. The first kappa shape index (κ1) is 15.6. The van der Waals surface area contributed by atoms with Crippen LogP contribution >= 0.6 is 0 Å². The fourth-order valence-electron chi connectivity index (χ4n) is 1.57. The fourth-order valence-corrected chi connectivity index (χ4v) is 1.57. The number of ether oxygens (including phenoxy) is 3. The zero-order chi connectivity index (χ0) is 14.1. The van der Waals surface area contributed by atoms with E-state index in [1.165, 1.54) is 0 Å². The van der Waals surface area contributed by atoms with E-state index in [-0.39, 0.29) is 6.10 Å². The highest BCUT2D eigenvalue weighted by Gasteiger charge is 2.08. The van der Waals surface area contributed by atoms with Gasteiger partial charge in [0.15, 0.2) is 0 Å². The summed E-state index contributed by atoms with van der Waals surface area (Å²) in [5.41, 5.74) is 6.55. The molecule has 4 heteroatoms. The van der Waals surface area contributed by atoms with Crippen LogP contribution in [0.5, 0.6) is 11.5 Å². The van der Waals surface area contributed by atoms with Gasteiger partial charge in [-0.2, -0.15) is 0 Å². The number of rotatable bonds is 9. The monoisotopic (exact) mass is 267 g/mol. The van der Waals surface area contributed by atoms with Crippen LogP contribution in [0.15, 0.2) is 18.2 Å². The molecule has 4 nitrogen and oxygen atoms in total. The predicted molar refractivity (Wildman–Crippen MR) is 77.8 cm³/mol. The van der Waals surface area contributed by atoms with Gasteiger partial charge in [0.1, 0.15) is 23.8 Å². The second-order valence-corrected chi connectivity index (χ2v) is 4.65. The van der Waals surface area contributed by atoms with Gasteiger partial charge >= 0.3 is 0 Å². The first-order chi connectivity index (χ1) is 9.15. The van der Waals surface area contributed by atoms with Crippen molar-refractivity contribution in [3.05, 3.63) is 18.2 Å². The summed E-state index contributed by atoms with van der Waals surface area (Å²) in [6.45, 7) is 7.93. The molecule has 0 aromatic heterocycles. The Morgan fingerprint density at radius 1 is 1.11 bits per heavy atom. The lowest BCUT2D eigenvalue weighted by molar-refractivity contribution is 0.0981. The Balaban J connectivity index is 2.41. The van der Waals surface area contributed by atoms with Crippen molar-refractivity contribution in [2.24, 2.45) is 0 Å². The van der Waals surface area contributed by atoms with Gasteiger partial charge in [0.2, 0.25) is 0 Å². The van der Waals surface area contributed by atoms with E-state index in [0.717, 1.165) is 19.4 Å². The van der Waals surface area contributed by atoms with Crippen LogP contribution in [-0.4, -0.2) is 25.9 Å². The van der Waals surface area contributed by atoms with Gasteiger partial charge in [0.05, 0.1) is 12.7 Å². The molecule has 1 rings (SSSR count). The van der Waals surface area contributed by atoms with Gasteiger partial charge in [-0.05, 0) is 32.4 Å². The minimum Gasteiger partial charge on any atom is -0.489 e. The van der Waals surface area contributed by atoms with Gasteiger partial charge < -0.3 is 19.9 Å². The van der Waals surface area contributed by atoms with E-state index in [2.05, 4.69) is 6.92 Å². The van der Waals surface area contributed by atoms with Crippen molar-refractivity contribution in [3.63, 3.8) is 0 Å². The summed E-state index contributed by atoms with van der Waals surface area (Å²) < 4.78 is 16.7. The van der Waals surface area contributed by atoms with Gasteiger partial charge in [0, 0.05) is 6.61 Å². The first-order valence-corrected chi connectivity index (χ1v) is 6.90. The molecular weight excluding hydrogens is 242 g/mol. The highest BCUT2D eigenvalue weighted by molar-refractivity contribution is 5.62. The summed E-state index contributed by atoms with van der Waals surface area (Å²) >= 11 is 0. The summed E-state index contributed by atoms with van der Waals surface area (Å²) in [5, 5.41) is 0. The topological polar surface area (TPSA) is 53.7 Å². The standard InChI is InChI=1S/C15H25NO3/c1-4-5-9-17-10-11-18-13-7-6-8-14(15(13)16)19-12(2)3/h6-8,12H,4-5,9-11,16H2,1-3H3. The Morgan fingerprint density at radius 2 is 1.84 bits per heavy atom. The highest BCUT2D eigenvalue weighted by atomic mass is 16.5. The maximum absolute atomic E-state index is 6.00. The van der Waals surface area contributed by atoms with Crippen LogP contribution in [0.25, 0.3) is 0 Å². The lowest BCUT2D eigenvalue weighted by Crippen LogP contribution is -2.10. The van der Waals surface area contributed by atoms with Crippen LogP contribution in [0.4, 0.5) is 5.69 Å². The molecule has 108 valence electrons. The van der Waals surface area contributed by atoms with Crippen LogP contribution in [0, 0.1) is 0 Å². The average molecular weight is 267 g/mol. The van der Waals surface area contributed by atoms with Crippen LogP contribution in [0.1, 0.15) is 33.6 Å². The molecule has 19 heavy (non-hydrogen) atoms. The highest BCUT2D eigenvalue weighted by Crippen LogP contribution is 2.31. The second kappa shape index (κ2) is 8.64. The van der Waals surface area contributed by atoms with E-state index in [4.69, 9.17) is 19.9 Å². The van der Waals surface area contributed by atoms with Crippen molar-refractivity contribution in [3.8, 4) is 11.5 Å². The summed E-state index contributed by atoms with van der Waals surface area (Å²) in [4.78, 5) is 0. The van der Waals surface area contributed by atoms with E-state index in [0.29, 0.717) is 30.4 Å². The van der Waals surface area contributed by atoms with Crippen LogP contribution in [-0.2, 0) is 4.74 Å². The molecule has 0 radical (unpaired) electrons. The molecule has 0 aliphatic carbocycles. The quantitative estimate of drug-likeness (QED) is 0.551. The first-order valence-electron chi connectivity index (χ1n) is 6.90. The van der Waals surface area contributed by atoms with Crippen LogP contribution < -0.4 is 15.2 Å². The molecule has 0 amide bonds. The van der Waals surface area contributed by atoms with Gasteiger partial charge in [-0.3, -0.25) is 0 Å². The average Bonchev–Trinajstić information content (AvgIpc) is 2.37. The van der Waals surface area contributed by atoms with Gasteiger partial charge in [-0.25, -0.2) is 0 Å². The molecule has 1 aromatic rings. The number of nitrogens with two attached hydrogens (primary N) is 1. The minimum absolute atomic E-state index is 0.0925. The Morgan fingerprint density at radius 3 is 2.53 bits per heavy atom. The summed E-state index contributed by atoms with van der Waals surface area (Å²) in [6.07, 6.45) is 2.32. The van der Waals surface area contributed by atoms with E-state index in [9.17, 15) is 0 Å². The van der Waals surface area contributed by atoms with Crippen molar-refractivity contribution >= 4 is 5.69 Å². The zero-order valence-electron chi connectivity index (χ0n) is 12.1. The number of anilines is 1. The summed E-state index contributed by atoms with van der Waals surface area (Å²) in [6, 6.07) is 5.57. The molecule has 0 fully saturated rings. The zero-order valence-corrected chi connectivity index (χ0v) is 12.1. The van der Waals surface area contributed by atoms with Crippen molar-refractivity contribution in [2.45, 2.75) is 39.7 Å². The third kappa shape index (κ3) is 5.83. The SMILES string of the molecule is CCCCOCCOc1cccc(OC(C)C)c1N. The molecule has 0 saturated carbocycles. The molecule has 0 bridgehead atoms. The molecule has 2 N–H and O–H groups in total. The third-order valence-electron chi connectivity index (χ3n) is 2.52. The lowest BCUT2D eigenvalue weighted by Gasteiger charge is -2.15. The smallest absolute Gasteiger partial charge is 0.146 e. The predicted octanol–water partition coefficient (Wildman–Crippen LogP) is 3.25. The molecule has 1 aromatic carbocycles. The second-order valence-electron chi connectivity index (χ2n) is 4.65. The lowest BCUT2D eigenvalue weighted by atomic mass is 10.2. The molecular formula is C15H25NO3. The third-order valence-corrected chi connectivity index (χ3v) is 2.52. The molecule has 0 aliphatic rings. The fraction of sp³-hybridized carbons (Fsp3) is 0.600. The Kier molecular flexibility index (Phi) is 7.11. The molecule has 0 saturated heterocycles. The van der Waals surface area contributed by atoms with E-state index in [1.807, 2.05) is 32.0 Å². The largest absolute Gasteiger partial charge is 0.489 e. The van der Waals surface area contributed by atoms with Crippen molar-refractivity contribution in [2.75, 3.05) is 25.6 Å². The van der Waals surface area contributed by atoms with E-state index < -0.39 is 0 Å². The normalized spacial score (nSPS) is 10.7. The molecule has 0 aliphatic heterocycles. The van der Waals surface area contributed by atoms with Gasteiger partial charge in [0.25, 0.3) is 0 Å². The summed E-state index contributed by atoms with van der Waals surface area (Å²) in [5.74, 6) is 1.32. The number of para-hydroxylation sites is 1. The number of benzene rings is 1. The number of unbranched alkanes of at least 4 members (excludes halogenated alkanes) is 1. The maximum Gasteiger partial charge on any atom is 0.146 e. The number of hydrogen-bond acceptors (Lipinski definition) is 4. The van der Waals surface area contributed by atoms with E-state index in [1.54, 1.807) is 0 Å². The molecule has 0 spiro atoms. The number of hydrogen-bond donors (Lipinski definition) is 1. The Bertz CT molecular complexity index is 366. The van der Waals surface area contributed by atoms with E-state index >= 15 is 0 Å². The molecule has 0 atom stereocenters. The van der Waals surface area contributed by atoms with Gasteiger partial charge in [-0.15, -0.1) is 0 Å². The van der Waals surface area contributed by atoms with Crippen molar-refractivity contribution in [1.29, 1.82) is 0 Å². The Hall–Kier alpha value is -1.42. The van der Waals surface area contributed by atoms with Crippen LogP contribution in [0.2, 0.25) is 0 Å². The van der Waals surface area contributed by atoms with Crippen molar-refractivity contribution < 1.29 is 14.2 Å². The number of nitrogen functional groups attached to an aromatic ring is 1. The van der Waals surface area contributed by atoms with Gasteiger partial charge in [-0.1, -0.05) is 19.4 Å². The molecule has 0 heterocycles.